The number of phenols is 1. The number of hydrogen-bond donors (Lipinski definition) is 1. The van der Waals surface area contributed by atoms with E-state index >= 15 is 0 Å². The van der Waals surface area contributed by atoms with Crippen LogP contribution in [0.1, 0.15) is 35.6 Å². The molecule has 6 unspecified atom stereocenters. The molecule has 15 heteroatoms. The molecule has 4 amide bonds. The Labute approximate surface area is 276 Å². The van der Waals surface area contributed by atoms with E-state index in [1.54, 1.807) is 30.4 Å². The highest BCUT2D eigenvalue weighted by atomic mass is 35.5. The van der Waals surface area contributed by atoms with Crippen molar-refractivity contribution in [2.75, 3.05) is 19.1 Å². The number of aromatic hydroxyl groups is 1. The van der Waals surface area contributed by atoms with Gasteiger partial charge in [-0.2, -0.15) is 18.2 Å². The zero-order valence-corrected chi connectivity index (χ0v) is 26.6. The minimum atomic E-state index is -4.82. The lowest BCUT2D eigenvalue weighted by atomic mass is 9.56. The third-order valence-electron chi connectivity index (χ3n) is 9.54. The monoisotopic (exact) mass is 696 g/mol. The Morgan fingerprint density at radius 2 is 1.80 bits per heavy atom. The van der Waals surface area contributed by atoms with E-state index in [0.29, 0.717) is 22.2 Å². The number of para-hydroxylation sites is 1. The van der Waals surface area contributed by atoms with Crippen molar-refractivity contribution in [2.24, 2.45) is 17.8 Å². The van der Waals surface area contributed by atoms with Crippen LogP contribution in [-0.4, -0.2) is 67.5 Å². The van der Waals surface area contributed by atoms with Gasteiger partial charge in [0.15, 0.2) is 15.6 Å². The molecule has 9 nitrogen and oxygen atoms in total. The van der Waals surface area contributed by atoms with Crippen molar-refractivity contribution >= 4 is 64.2 Å². The summed E-state index contributed by atoms with van der Waals surface area (Å²) in [5, 5.41) is 12.8. The lowest BCUT2D eigenvalue weighted by Crippen LogP contribution is -2.60. The molecule has 1 saturated carbocycles. The number of nitrogens with zero attached hydrogens (tertiary/aromatic N) is 4. The fourth-order valence-corrected chi connectivity index (χ4v) is 8.68. The van der Waals surface area contributed by atoms with E-state index < -0.39 is 74.7 Å². The fraction of sp³-hybridized carbons (Fsp3) is 0.387. The van der Waals surface area contributed by atoms with Gasteiger partial charge in [-0.3, -0.25) is 29.1 Å². The fourth-order valence-electron chi connectivity index (χ4n) is 7.44. The second-order valence-corrected chi connectivity index (χ2v) is 13.5. The van der Waals surface area contributed by atoms with Crippen LogP contribution in [0.15, 0.2) is 54.6 Å². The number of benzene rings is 1. The van der Waals surface area contributed by atoms with Gasteiger partial charge in [0, 0.05) is 25.6 Å². The highest BCUT2D eigenvalue weighted by Crippen LogP contribution is 2.66. The second-order valence-electron chi connectivity index (χ2n) is 11.9. The van der Waals surface area contributed by atoms with E-state index in [0.717, 1.165) is 16.0 Å². The summed E-state index contributed by atoms with van der Waals surface area (Å²) in [5.41, 5.74) is -0.157. The predicted octanol–water partition coefficient (Wildman–Crippen LogP) is 5.23. The van der Waals surface area contributed by atoms with Gasteiger partial charge in [-0.15, -0.1) is 29.8 Å². The molecule has 1 N–H and O–H groups in total. The highest BCUT2D eigenvalue weighted by molar-refractivity contribution is 6.53. The van der Waals surface area contributed by atoms with Crippen LogP contribution in [0.3, 0.4) is 0 Å². The van der Waals surface area contributed by atoms with Crippen LogP contribution < -0.4 is 5.01 Å². The Morgan fingerprint density at radius 1 is 1.11 bits per heavy atom. The van der Waals surface area contributed by atoms with E-state index in [4.69, 9.17) is 34.8 Å². The van der Waals surface area contributed by atoms with Crippen LogP contribution in [0.25, 0.3) is 0 Å². The molecule has 0 bridgehead atoms. The van der Waals surface area contributed by atoms with Crippen molar-refractivity contribution < 1.29 is 37.5 Å². The first-order valence-corrected chi connectivity index (χ1v) is 15.3. The number of phenolic OH excluding ortho intramolecular Hbond substituents is 1. The normalized spacial score (nSPS) is 30.7. The lowest BCUT2D eigenvalue weighted by Gasteiger charge is -2.50. The third kappa shape index (κ3) is 4.25. The predicted molar refractivity (Wildman–Crippen MR) is 162 cm³/mol. The summed E-state index contributed by atoms with van der Waals surface area (Å²) in [6.07, 6.45) is -1.60. The molecule has 4 aliphatic rings. The largest absolute Gasteiger partial charge is 0.507 e. The number of halogens is 6. The number of amides is 4. The summed E-state index contributed by atoms with van der Waals surface area (Å²) >= 11 is 20.5. The molecule has 3 heterocycles. The summed E-state index contributed by atoms with van der Waals surface area (Å²) in [6, 6.07) is 6.52. The molecule has 0 radical (unpaired) electrons. The standard InChI is InChI=1S/C31H26Cl3F3N4O5/c1-4-6-14-7-5-8-17(23(14)42)22-15-9-10-16-21(18(15)13-29(33)27(45)39(2)28(46)30(22,29)34)26(44)41(25(16)43)40(3)24-19(32)11-12-20(38-24)31(35,36)37/h4-5,7-9,11-12,16,18,21-22,42H,1,6,10,13H2,2-3H3. The lowest BCUT2D eigenvalue weighted by molar-refractivity contribution is -0.141. The third-order valence-corrected chi connectivity index (χ3v) is 11.2. The van der Waals surface area contributed by atoms with Crippen LogP contribution in [-0.2, 0) is 31.8 Å². The highest BCUT2D eigenvalue weighted by Gasteiger charge is 2.76. The maximum absolute atomic E-state index is 14.2. The number of hydrazine groups is 1. The Kier molecular flexibility index (Phi) is 7.53. The number of likely N-dealkylation sites (tertiary alicyclic amines) is 1. The number of hydrogen-bond acceptors (Lipinski definition) is 7. The molecule has 1 aromatic carbocycles. The van der Waals surface area contributed by atoms with Crippen LogP contribution in [0, 0.1) is 17.8 Å². The number of allylic oxidation sites excluding steroid dienone is 3. The maximum atomic E-state index is 14.2. The first kappa shape index (κ1) is 32.3. The topological polar surface area (TPSA) is 111 Å². The van der Waals surface area contributed by atoms with Crippen LogP contribution in [0.2, 0.25) is 5.02 Å². The number of alkyl halides is 5. The SMILES string of the molecule is C=CCc1cccc(C2C3=CCC4C(=O)N(N(C)c5nc(C(F)(F)F)ccc5Cl)C(=O)C4C3CC3(Cl)C(=O)N(C)C(=O)C23Cl)c1O. The molecule has 6 atom stereocenters. The van der Waals surface area contributed by atoms with Crippen molar-refractivity contribution in [3.8, 4) is 5.75 Å². The Hall–Kier alpha value is -3.61. The summed E-state index contributed by atoms with van der Waals surface area (Å²) in [4.78, 5) is 55.6. The number of aromatic nitrogens is 1. The van der Waals surface area contributed by atoms with Gasteiger partial charge < -0.3 is 5.11 Å². The molecular formula is C31H26Cl3F3N4O5. The van der Waals surface area contributed by atoms with Crippen molar-refractivity contribution in [1.29, 1.82) is 0 Å². The molecule has 242 valence electrons. The number of fused-ring (bicyclic) bond motifs is 4. The average molecular weight is 698 g/mol. The molecule has 6 rings (SSSR count). The molecule has 2 aliphatic carbocycles. The number of imide groups is 2. The summed E-state index contributed by atoms with van der Waals surface area (Å²) < 4.78 is 40.4. The molecule has 3 fully saturated rings. The van der Waals surface area contributed by atoms with Gasteiger partial charge in [-0.1, -0.05) is 47.5 Å². The van der Waals surface area contributed by atoms with E-state index in [1.807, 2.05) is 0 Å². The first-order valence-electron chi connectivity index (χ1n) is 14.2. The van der Waals surface area contributed by atoms with Crippen LogP contribution >= 0.6 is 34.8 Å². The smallest absolute Gasteiger partial charge is 0.433 e. The summed E-state index contributed by atoms with van der Waals surface area (Å²) in [7, 11) is 2.44. The molecule has 2 saturated heterocycles. The number of rotatable bonds is 5. The first-order chi connectivity index (χ1) is 21.5. The van der Waals surface area contributed by atoms with E-state index in [9.17, 15) is 37.5 Å². The van der Waals surface area contributed by atoms with Crippen LogP contribution in [0.4, 0.5) is 19.0 Å². The zero-order chi connectivity index (χ0) is 33.7. The summed E-state index contributed by atoms with van der Waals surface area (Å²) in [5.74, 6) is -7.96. The average Bonchev–Trinajstić information content (AvgIpc) is 3.32. The second kappa shape index (κ2) is 10.7. The van der Waals surface area contributed by atoms with E-state index in [2.05, 4.69) is 11.6 Å². The number of carbonyl (C=O) groups excluding carboxylic acids is 4. The van der Waals surface area contributed by atoms with E-state index in [1.165, 1.54) is 14.1 Å². The maximum Gasteiger partial charge on any atom is 0.433 e. The Bertz CT molecular complexity index is 1770. The van der Waals surface area contributed by atoms with Crippen molar-refractivity contribution in [3.05, 3.63) is 76.5 Å². The van der Waals surface area contributed by atoms with Gasteiger partial charge in [0.05, 0.1) is 16.9 Å². The van der Waals surface area contributed by atoms with Crippen molar-refractivity contribution in [2.45, 2.75) is 41.1 Å². The number of carbonyl (C=O) groups is 4. The minimum absolute atomic E-state index is 0.000986. The molecule has 2 aliphatic heterocycles. The molecule has 1 aromatic heterocycles. The Morgan fingerprint density at radius 3 is 2.46 bits per heavy atom. The van der Waals surface area contributed by atoms with Gasteiger partial charge in [0.25, 0.3) is 23.6 Å². The molecule has 46 heavy (non-hydrogen) atoms. The Balaban J connectivity index is 1.48. The molecule has 2 aromatic rings. The molecule has 0 spiro atoms. The zero-order valence-electron chi connectivity index (χ0n) is 24.3. The van der Waals surface area contributed by atoms with Gasteiger partial charge in [-0.25, -0.2) is 4.98 Å². The summed E-state index contributed by atoms with van der Waals surface area (Å²) in [6.45, 7) is 3.71. The van der Waals surface area contributed by atoms with Crippen molar-refractivity contribution in [3.63, 3.8) is 0 Å². The van der Waals surface area contributed by atoms with Gasteiger partial charge in [-0.05, 0) is 42.9 Å². The van der Waals surface area contributed by atoms with Crippen molar-refractivity contribution in [1.82, 2.24) is 14.9 Å². The van der Waals surface area contributed by atoms with Gasteiger partial charge in [0.2, 0.25) is 0 Å². The minimum Gasteiger partial charge on any atom is -0.507 e. The van der Waals surface area contributed by atoms with Gasteiger partial charge >= 0.3 is 6.18 Å². The quantitative estimate of drug-likeness (QED) is 0.259. The number of anilines is 1. The van der Waals surface area contributed by atoms with Crippen LogP contribution in [0.5, 0.6) is 5.75 Å². The number of pyridine rings is 1. The molecular weight excluding hydrogens is 672 g/mol. The van der Waals surface area contributed by atoms with E-state index in [-0.39, 0.29) is 35.6 Å². The van der Waals surface area contributed by atoms with Gasteiger partial charge in [0.1, 0.15) is 11.4 Å².